The maximum Gasteiger partial charge on any atom is 0.226 e. The number of carbonyl (C=O) groups is 1. The van der Waals surface area contributed by atoms with Gasteiger partial charge in [0.15, 0.2) is 0 Å². The fourth-order valence-electron chi connectivity index (χ4n) is 1.73. The molecule has 5 nitrogen and oxygen atoms in total. The number of nitrogens with zero attached hydrogens (tertiary/aromatic N) is 3. The molecular formula is C8H14N4O. The highest BCUT2D eigenvalue weighted by Gasteiger charge is 2.44. The lowest BCUT2D eigenvalue weighted by Crippen LogP contribution is -2.38. The first-order valence-corrected chi connectivity index (χ1v) is 4.42. The Morgan fingerprint density at radius 2 is 2.46 bits per heavy atom. The molecule has 1 saturated heterocycles. The normalized spacial score (nSPS) is 27.2. The van der Waals surface area contributed by atoms with Gasteiger partial charge in [0.1, 0.15) is 0 Å². The summed E-state index contributed by atoms with van der Waals surface area (Å²) >= 11 is 0. The van der Waals surface area contributed by atoms with Crippen molar-refractivity contribution in [1.82, 2.24) is 5.32 Å². The fourth-order valence-corrected chi connectivity index (χ4v) is 1.73. The minimum atomic E-state index is -0.466. The second-order valence-corrected chi connectivity index (χ2v) is 3.71. The van der Waals surface area contributed by atoms with Gasteiger partial charge in [-0.25, -0.2) is 0 Å². The molecule has 0 spiro atoms. The summed E-state index contributed by atoms with van der Waals surface area (Å²) in [7, 11) is 0. The summed E-state index contributed by atoms with van der Waals surface area (Å²) in [6, 6.07) is 0. The maximum absolute atomic E-state index is 11.5. The zero-order valence-corrected chi connectivity index (χ0v) is 7.95. The Kier molecular flexibility index (Phi) is 2.78. The average molecular weight is 182 g/mol. The molecule has 72 valence electrons. The minimum Gasteiger partial charge on any atom is -0.356 e. The van der Waals surface area contributed by atoms with Crippen molar-refractivity contribution in [2.45, 2.75) is 20.3 Å². The van der Waals surface area contributed by atoms with Gasteiger partial charge in [0.05, 0.1) is 5.41 Å². The lowest BCUT2D eigenvalue weighted by atomic mass is 9.76. The molecule has 0 aliphatic carbocycles. The molecule has 1 atom stereocenters. The Bertz CT molecular complexity index is 257. The van der Waals surface area contributed by atoms with E-state index in [1.807, 2.05) is 13.8 Å². The number of hydrogen-bond acceptors (Lipinski definition) is 2. The smallest absolute Gasteiger partial charge is 0.226 e. The largest absolute Gasteiger partial charge is 0.356 e. The van der Waals surface area contributed by atoms with E-state index in [4.69, 9.17) is 5.53 Å². The maximum atomic E-state index is 11.5. The standard InChI is InChI=1S/C8H14N4O/c1-6(2)8(5-11-12-9)3-4-10-7(8)13/h6H,3-5H2,1-2H3,(H,10,13). The predicted octanol–water partition coefficient (Wildman–Crippen LogP) is 1.46. The van der Waals surface area contributed by atoms with Crippen molar-refractivity contribution in [3.05, 3.63) is 10.4 Å². The van der Waals surface area contributed by atoms with Crippen LogP contribution in [-0.4, -0.2) is 19.0 Å². The SMILES string of the molecule is CC(C)C1(CN=[N+]=[N-])CCNC1=O. The van der Waals surface area contributed by atoms with E-state index in [-0.39, 0.29) is 18.4 Å². The third-order valence-corrected chi connectivity index (χ3v) is 2.83. The molecule has 13 heavy (non-hydrogen) atoms. The second-order valence-electron chi connectivity index (χ2n) is 3.71. The lowest BCUT2D eigenvalue weighted by Gasteiger charge is -2.28. The van der Waals surface area contributed by atoms with Crippen LogP contribution < -0.4 is 5.32 Å². The van der Waals surface area contributed by atoms with Crippen molar-refractivity contribution >= 4 is 5.91 Å². The number of nitrogens with one attached hydrogen (secondary N) is 1. The first-order chi connectivity index (χ1) is 6.13. The van der Waals surface area contributed by atoms with E-state index < -0.39 is 5.41 Å². The number of amides is 1. The highest BCUT2D eigenvalue weighted by molar-refractivity contribution is 5.85. The van der Waals surface area contributed by atoms with E-state index in [2.05, 4.69) is 15.3 Å². The first kappa shape index (κ1) is 9.86. The Balaban J connectivity index is 2.86. The summed E-state index contributed by atoms with van der Waals surface area (Å²) in [6.07, 6.45) is 0.766. The van der Waals surface area contributed by atoms with E-state index in [9.17, 15) is 4.79 Å². The summed E-state index contributed by atoms with van der Waals surface area (Å²) in [6.45, 7) is 4.93. The zero-order chi connectivity index (χ0) is 9.90. The van der Waals surface area contributed by atoms with Crippen molar-refractivity contribution in [1.29, 1.82) is 0 Å². The lowest BCUT2D eigenvalue weighted by molar-refractivity contribution is -0.129. The number of azide groups is 1. The molecule has 0 aromatic rings. The van der Waals surface area contributed by atoms with Gasteiger partial charge >= 0.3 is 0 Å². The van der Waals surface area contributed by atoms with Gasteiger partial charge in [-0.05, 0) is 17.9 Å². The molecule has 1 aliphatic rings. The molecule has 0 radical (unpaired) electrons. The van der Waals surface area contributed by atoms with Crippen molar-refractivity contribution in [2.75, 3.05) is 13.1 Å². The highest BCUT2D eigenvalue weighted by atomic mass is 16.2. The Morgan fingerprint density at radius 3 is 2.85 bits per heavy atom. The third-order valence-electron chi connectivity index (χ3n) is 2.83. The summed E-state index contributed by atoms with van der Waals surface area (Å²) in [5.41, 5.74) is 7.77. The van der Waals surface area contributed by atoms with Gasteiger partial charge in [0.2, 0.25) is 5.91 Å². The van der Waals surface area contributed by atoms with Crippen LogP contribution in [0.25, 0.3) is 10.4 Å². The van der Waals surface area contributed by atoms with Crippen LogP contribution in [0.5, 0.6) is 0 Å². The van der Waals surface area contributed by atoms with Gasteiger partial charge < -0.3 is 5.32 Å². The molecule has 0 aromatic carbocycles. The van der Waals surface area contributed by atoms with E-state index in [1.54, 1.807) is 0 Å². The molecule has 5 heteroatoms. The molecule has 1 fully saturated rings. The predicted molar refractivity (Wildman–Crippen MR) is 48.9 cm³/mol. The monoisotopic (exact) mass is 182 g/mol. The molecule has 1 heterocycles. The van der Waals surface area contributed by atoms with Crippen LogP contribution in [0.15, 0.2) is 5.11 Å². The summed E-state index contributed by atoms with van der Waals surface area (Å²) in [5, 5.41) is 6.30. The summed E-state index contributed by atoms with van der Waals surface area (Å²) in [4.78, 5) is 14.3. The first-order valence-electron chi connectivity index (χ1n) is 4.42. The Hall–Kier alpha value is -1.22. The molecule has 0 saturated carbocycles. The summed E-state index contributed by atoms with van der Waals surface area (Å²) < 4.78 is 0. The third kappa shape index (κ3) is 1.60. The van der Waals surface area contributed by atoms with Crippen LogP contribution in [0, 0.1) is 11.3 Å². The van der Waals surface area contributed by atoms with Crippen LogP contribution in [0.3, 0.4) is 0 Å². The van der Waals surface area contributed by atoms with Gasteiger partial charge in [-0.2, -0.15) is 0 Å². The van der Waals surface area contributed by atoms with E-state index in [0.717, 1.165) is 6.42 Å². The number of rotatable bonds is 3. The molecule has 0 bridgehead atoms. The number of carbonyl (C=O) groups excluding carboxylic acids is 1. The topological polar surface area (TPSA) is 77.9 Å². The van der Waals surface area contributed by atoms with Crippen LogP contribution in [0.1, 0.15) is 20.3 Å². The van der Waals surface area contributed by atoms with Gasteiger partial charge in [0.25, 0.3) is 0 Å². The Morgan fingerprint density at radius 1 is 1.77 bits per heavy atom. The van der Waals surface area contributed by atoms with Crippen LogP contribution >= 0.6 is 0 Å². The van der Waals surface area contributed by atoms with Crippen molar-refractivity contribution in [3.8, 4) is 0 Å². The highest BCUT2D eigenvalue weighted by Crippen LogP contribution is 2.35. The Labute approximate surface area is 77.1 Å². The minimum absolute atomic E-state index is 0.0231. The van der Waals surface area contributed by atoms with Crippen molar-refractivity contribution in [3.63, 3.8) is 0 Å². The second kappa shape index (κ2) is 3.66. The molecule has 1 rings (SSSR count). The van der Waals surface area contributed by atoms with E-state index in [1.165, 1.54) is 0 Å². The van der Waals surface area contributed by atoms with Crippen LogP contribution in [0.2, 0.25) is 0 Å². The fraction of sp³-hybridized carbons (Fsp3) is 0.875. The number of hydrogen-bond donors (Lipinski definition) is 1. The zero-order valence-electron chi connectivity index (χ0n) is 7.95. The van der Waals surface area contributed by atoms with Gasteiger partial charge in [-0.15, -0.1) is 0 Å². The molecule has 1 unspecified atom stereocenters. The van der Waals surface area contributed by atoms with Gasteiger partial charge in [-0.3, -0.25) is 4.79 Å². The molecule has 0 aromatic heterocycles. The summed E-state index contributed by atoms with van der Waals surface area (Å²) in [5.74, 6) is 0.232. The van der Waals surface area contributed by atoms with Crippen molar-refractivity contribution < 1.29 is 4.79 Å². The van der Waals surface area contributed by atoms with Crippen LogP contribution in [-0.2, 0) is 4.79 Å². The van der Waals surface area contributed by atoms with E-state index in [0.29, 0.717) is 6.54 Å². The van der Waals surface area contributed by atoms with Crippen LogP contribution in [0.4, 0.5) is 0 Å². The van der Waals surface area contributed by atoms with Crippen molar-refractivity contribution in [2.24, 2.45) is 16.4 Å². The molecular weight excluding hydrogens is 168 g/mol. The molecule has 1 aliphatic heterocycles. The average Bonchev–Trinajstić information content (AvgIpc) is 2.45. The van der Waals surface area contributed by atoms with Gasteiger partial charge in [0, 0.05) is 18.0 Å². The molecule has 1 amide bonds. The van der Waals surface area contributed by atoms with E-state index >= 15 is 0 Å². The quantitative estimate of drug-likeness (QED) is 0.400. The molecule has 1 N–H and O–H groups in total. The van der Waals surface area contributed by atoms with Gasteiger partial charge in [-0.1, -0.05) is 19.0 Å².